The summed E-state index contributed by atoms with van der Waals surface area (Å²) in [5, 5.41) is 3.18. The summed E-state index contributed by atoms with van der Waals surface area (Å²) >= 11 is 0. The molecule has 72 valence electrons. The third kappa shape index (κ3) is 3.40. The Balaban J connectivity index is 2.50. The minimum atomic E-state index is -0.0697. The fourth-order valence-electron chi connectivity index (χ4n) is 0.964. The highest BCUT2D eigenvalue weighted by Crippen LogP contribution is 1.89. The molecule has 0 aliphatic carbocycles. The molecule has 0 aliphatic rings. The van der Waals surface area contributed by atoms with Gasteiger partial charge in [-0.3, -0.25) is 4.79 Å². The molecule has 0 radical (unpaired) electrons. The van der Waals surface area contributed by atoms with Gasteiger partial charge in [0.2, 0.25) is 5.56 Å². The first-order valence-electron chi connectivity index (χ1n) is 4.34. The zero-order chi connectivity index (χ0) is 9.68. The Kier molecular flexibility index (Phi) is 3.67. The number of pyridine rings is 1. The van der Waals surface area contributed by atoms with Crippen LogP contribution in [0.2, 0.25) is 0 Å². The first-order valence-corrected chi connectivity index (χ1v) is 4.34. The highest BCUT2D eigenvalue weighted by Gasteiger charge is 1.97. The van der Waals surface area contributed by atoms with Crippen molar-refractivity contribution in [2.24, 2.45) is 5.73 Å². The molecule has 4 nitrogen and oxygen atoms in total. The van der Waals surface area contributed by atoms with Crippen LogP contribution in [0.4, 0.5) is 0 Å². The lowest BCUT2D eigenvalue weighted by molar-refractivity contribution is 0.550. The first-order chi connectivity index (χ1) is 6.22. The van der Waals surface area contributed by atoms with Gasteiger partial charge in [0, 0.05) is 30.9 Å². The molecule has 1 atom stereocenters. The van der Waals surface area contributed by atoms with E-state index in [1.165, 1.54) is 6.07 Å². The largest absolute Gasteiger partial charge is 0.329 e. The quantitative estimate of drug-likeness (QED) is 0.603. The number of nitrogens with two attached hydrogens (primary N) is 1. The molecule has 1 aromatic rings. The van der Waals surface area contributed by atoms with Gasteiger partial charge < -0.3 is 16.0 Å². The summed E-state index contributed by atoms with van der Waals surface area (Å²) in [6, 6.07) is 5.37. The summed E-state index contributed by atoms with van der Waals surface area (Å²) in [5.74, 6) is 0. The van der Waals surface area contributed by atoms with E-state index in [2.05, 4.69) is 10.3 Å². The average molecular weight is 181 g/mol. The van der Waals surface area contributed by atoms with E-state index >= 15 is 0 Å². The Morgan fingerprint density at radius 1 is 1.62 bits per heavy atom. The van der Waals surface area contributed by atoms with Gasteiger partial charge in [0.25, 0.3) is 0 Å². The van der Waals surface area contributed by atoms with Crippen molar-refractivity contribution in [3.05, 3.63) is 34.2 Å². The Morgan fingerprint density at radius 2 is 2.38 bits per heavy atom. The second-order valence-corrected chi connectivity index (χ2v) is 3.06. The van der Waals surface area contributed by atoms with Crippen LogP contribution in [-0.4, -0.2) is 17.6 Å². The highest BCUT2D eigenvalue weighted by molar-refractivity contribution is 5.03. The number of nitrogens with one attached hydrogen (secondary N) is 2. The second-order valence-electron chi connectivity index (χ2n) is 3.06. The minimum absolute atomic E-state index is 0.0697. The Hall–Kier alpha value is -1.13. The zero-order valence-corrected chi connectivity index (χ0v) is 7.71. The standard InChI is InChI=1S/C9H15N3O/c1-7(5-10)11-6-8-3-2-4-9(13)12-8/h2-4,7,11H,5-6,10H2,1H3,(H,12,13)/t7-/m1/s1. The maximum atomic E-state index is 10.9. The molecule has 0 unspecified atom stereocenters. The maximum Gasteiger partial charge on any atom is 0.248 e. The van der Waals surface area contributed by atoms with Crippen LogP contribution in [0.3, 0.4) is 0 Å². The normalized spacial score (nSPS) is 12.8. The molecule has 0 saturated heterocycles. The number of aromatic nitrogens is 1. The number of hydrogen-bond acceptors (Lipinski definition) is 3. The fraction of sp³-hybridized carbons (Fsp3) is 0.444. The van der Waals surface area contributed by atoms with E-state index in [0.717, 1.165) is 5.69 Å². The summed E-state index contributed by atoms with van der Waals surface area (Å²) in [5.41, 5.74) is 6.24. The summed E-state index contributed by atoms with van der Waals surface area (Å²) in [4.78, 5) is 13.6. The molecule has 0 saturated carbocycles. The van der Waals surface area contributed by atoms with Crippen molar-refractivity contribution in [3.63, 3.8) is 0 Å². The van der Waals surface area contributed by atoms with Crippen LogP contribution < -0.4 is 16.6 Å². The molecule has 4 heteroatoms. The van der Waals surface area contributed by atoms with Crippen LogP contribution in [0.25, 0.3) is 0 Å². The van der Waals surface area contributed by atoms with E-state index in [1.54, 1.807) is 6.07 Å². The number of aromatic amines is 1. The zero-order valence-electron chi connectivity index (χ0n) is 7.71. The SMILES string of the molecule is C[C@H](CN)NCc1cccc(=O)[nH]1. The molecular weight excluding hydrogens is 166 g/mol. The van der Waals surface area contributed by atoms with Gasteiger partial charge in [-0.15, -0.1) is 0 Å². The smallest absolute Gasteiger partial charge is 0.248 e. The molecule has 1 aromatic heterocycles. The monoisotopic (exact) mass is 181 g/mol. The molecule has 0 amide bonds. The second kappa shape index (κ2) is 4.79. The van der Waals surface area contributed by atoms with Crippen molar-refractivity contribution in [2.75, 3.05) is 6.54 Å². The number of hydrogen-bond donors (Lipinski definition) is 3. The van der Waals surface area contributed by atoms with Gasteiger partial charge in [0.1, 0.15) is 0 Å². The van der Waals surface area contributed by atoms with E-state index in [4.69, 9.17) is 5.73 Å². The van der Waals surface area contributed by atoms with Crippen LogP contribution in [0, 0.1) is 0 Å². The van der Waals surface area contributed by atoms with Crippen molar-refractivity contribution in [1.29, 1.82) is 0 Å². The molecule has 0 aromatic carbocycles. The average Bonchev–Trinajstić information content (AvgIpc) is 2.14. The Morgan fingerprint density at radius 3 is 3.00 bits per heavy atom. The van der Waals surface area contributed by atoms with Crippen LogP contribution in [0.1, 0.15) is 12.6 Å². The molecule has 1 rings (SSSR count). The molecule has 0 bridgehead atoms. The first kappa shape index (κ1) is 9.95. The molecule has 4 N–H and O–H groups in total. The Bertz CT molecular complexity index is 308. The van der Waals surface area contributed by atoms with Gasteiger partial charge >= 0.3 is 0 Å². The minimum Gasteiger partial charge on any atom is -0.329 e. The third-order valence-electron chi connectivity index (χ3n) is 1.82. The van der Waals surface area contributed by atoms with Gasteiger partial charge in [0.15, 0.2) is 0 Å². The van der Waals surface area contributed by atoms with Gasteiger partial charge in [-0.2, -0.15) is 0 Å². The predicted octanol–water partition coefficient (Wildman–Crippen LogP) is -0.188. The van der Waals surface area contributed by atoms with Gasteiger partial charge in [-0.1, -0.05) is 6.07 Å². The van der Waals surface area contributed by atoms with Gasteiger partial charge in [-0.25, -0.2) is 0 Å². The van der Waals surface area contributed by atoms with Crippen molar-refractivity contribution in [3.8, 4) is 0 Å². The van der Waals surface area contributed by atoms with E-state index in [1.807, 2.05) is 13.0 Å². The molecule has 0 spiro atoms. The van der Waals surface area contributed by atoms with E-state index in [9.17, 15) is 4.79 Å². The van der Waals surface area contributed by atoms with Crippen LogP contribution in [-0.2, 0) is 6.54 Å². The summed E-state index contributed by atoms with van der Waals surface area (Å²) in [7, 11) is 0. The lowest BCUT2D eigenvalue weighted by Crippen LogP contribution is -2.33. The molecule has 0 fully saturated rings. The topological polar surface area (TPSA) is 70.9 Å². The third-order valence-corrected chi connectivity index (χ3v) is 1.82. The molecular formula is C9H15N3O. The highest BCUT2D eigenvalue weighted by atomic mass is 16.1. The maximum absolute atomic E-state index is 10.9. The number of H-pyrrole nitrogens is 1. The van der Waals surface area contributed by atoms with Crippen molar-refractivity contribution in [2.45, 2.75) is 19.5 Å². The van der Waals surface area contributed by atoms with Crippen molar-refractivity contribution >= 4 is 0 Å². The predicted molar refractivity (Wildman–Crippen MR) is 52.4 cm³/mol. The van der Waals surface area contributed by atoms with E-state index < -0.39 is 0 Å². The lowest BCUT2D eigenvalue weighted by Gasteiger charge is -2.10. The van der Waals surface area contributed by atoms with Crippen LogP contribution >= 0.6 is 0 Å². The van der Waals surface area contributed by atoms with E-state index in [0.29, 0.717) is 13.1 Å². The lowest BCUT2D eigenvalue weighted by atomic mass is 10.3. The summed E-state index contributed by atoms with van der Waals surface area (Å²) in [6.45, 7) is 3.24. The van der Waals surface area contributed by atoms with E-state index in [-0.39, 0.29) is 11.6 Å². The number of rotatable bonds is 4. The fourth-order valence-corrected chi connectivity index (χ4v) is 0.964. The molecule has 13 heavy (non-hydrogen) atoms. The summed E-state index contributed by atoms with van der Waals surface area (Å²) < 4.78 is 0. The van der Waals surface area contributed by atoms with Crippen LogP contribution in [0.5, 0.6) is 0 Å². The molecule has 0 aliphatic heterocycles. The summed E-state index contributed by atoms with van der Waals surface area (Å²) in [6.07, 6.45) is 0. The van der Waals surface area contributed by atoms with Gasteiger partial charge in [0.05, 0.1) is 0 Å². The van der Waals surface area contributed by atoms with Crippen molar-refractivity contribution < 1.29 is 0 Å². The van der Waals surface area contributed by atoms with Gasteiger partial charge in [-0.05, 0) is 13.0 Å². The van der Waals surface area contributed by atoms with Crippen molar-refractivity contribution in [1.82, 2.24) is 10.3 Å². The molecule has 1 heterocycles. The Labute approximate surface area is 77.2 Å². The van der Waals surface area contributed by atoms with Crippen LogP contribution in [0.15, 0.2) is 23.0 Å².